The smallest absolute Gasteiger partial charge is 0.360 e. The molecule has 0 bridgehead atoms. The lowest BCUT2D eigenvalue weighted by atomic mass is 10.2. The molecule has 0 aliphatic rings. The Morgan fingerprint density at radius 3 is 2.63 bits per heavy atom. The first-order chi connectivity index (χ1) is 9.11. The quantitative estimate of drug-likeness (QED) is 0.908. The summed E-state index contributed by atoms with van der Waals surface area (Å²) in [5.41, 5.74) is 0.756. The molecule has 2 rings (SSSR count). The molecule has 2 aromatic rings. The van der Waals surface area contributed by atoms with Gasteiger partial charge in [-0.05, 0) is 24.6 Å². The van der Waals surface area contributed by atoms with Crippen molar-refractivity contribution in [2.45, 2.75) is 6.92 Å². The second-order valence-corrected chi connectivity index (χ2v) is 3.77. The number of aryl methyl sites for hydroxylation is 1. The lowest BCUT2D eigenvalue weighted by Gasteiger charge is -2.10. The standard InChI is InChI=1S/C13H12N2O4/c1-8-3-4-9(10(7-8)18-2)19-12-11(13(16)17)14-5-6-15-12/h3-7H,1-2H3,(H,16,17). The minimum absolute atomic E-state index is 0.0721. The number of nitrogens with zero attached hydrogens (tertiary/aromatic N) is 2. The number of aromatic nitrogens is 2. The summed E-state index contributed by atoms with van der Waals surface area (Å²) >= 11 is 0. The number of aromatic carboxylic acids is 1. The maximum Gasteiger partial charge on any atom is 0.360 e. The Bertz CT molecular complexity index is 613. The van der Waals surface area contributed by atoms with Crippen LogP contribution in [-0.4, -0.2) is 28.2 Å². The van der Waals surface area contributed by atoms with Gasteiger partial charge in [0, 0.05) is 12.4 Å². The summed E-state index contributed by atoms with van der Waals surface area (Å²) < 4.78 is 10.6. The van der Waals surface area contributed by atoms with E-state index in [9.17, 15) is 4.79 Å². The van der Waals surface area contributed by atoms with Crippen molar-refractivity contribution in [1.29, 1.82) is 0 Å². The maximum absolute atomic E-state index is 11.0. The fourth-order valence-corrected chi connectivity index (χ4v) is 1.51. The van der Waals surface area contributed by atoms with Crippen LogP contribution in [0.2, 0.25) is 0 Å². The first kappa shape index (κ1) is 12.8. The fraction of sp³-hybridized carbons (Fsp3) is 0.154. The Morgan fingerprint density at radius 2 is 1.95 bits per heavy atom. The number of methoxy groups -OCH3 is 1. The summed E-state index contributed by atoms with van der Waals surface area (Å²) in [5, 5.41) is 9.00. The molecular formula is C13H12N2O4. The third kappa shape index (κ3) is 2.79. The van der Waals surface area contributed by atoms with Crippen LogP contribution in [0, 0.1) is 6.92 Å². The van der Waals surface area contributed by atoms with E-state index in [0.29, 0.717) is 11.5 Å². The molecular weight excluding hydrogens is 248 g/mol. The highest BCUT2D eigenvalue weighted by Crippen LogP contribution is 2.32. The van der Waals surface area contributed by atoms with Gasteiger partial charge in [-0.1, -0.05) is 6.07 Å². The zero-order chi connectivity index (χ0) is 13.8. The van der Waals surface area contributed by atoms with E-state index in [1.165, 1.54) is 19.5 Å². The largest absolute Gasteiger partial charge is 0.493 e. The van der Waals surface area contributed by atoms with E-state index in [1.807, 2.05) is 13.0 Å². The Morgan fingerprint density at radius 1 is 1.21 bits per heavy atom. The molecule has 0 atom stereocenters. The van der Waals surface area contributed by atoms with Crippen LogP contribution in [0.3, 0.4) is 0 Å². The van der Waals surface area contributed by atoms with Crippen LogP contribution >= 0.6 is 0 Å². The topological polar surface area (TPSA) is 81.5 Å². The van der Waals surface area contributed by atoms with Crippen LogP contribution in [-0.2, 0) is 0 Å². The normalized spacial score (nSPS) is 10.0. The van der Waals surface area contributed by atoms with Crippen LogP contribution in [0.1, 0.15) is 16.1 Å². The lowest BCUT2D eigenvalue weighted by Crippen LogP contribution is -2.05. The summed E-state index contributed by atoms with van der Waals surface area (Å²) in [6.45, 7) is 1.91. The first-order valence-electron chi connectivity index (χ1n) is 5.48. The highest BCUT2D eigenvalue weighted by Gasteiger charge is 2.16. The van der Waals surface area contributed by atoms with Gasteiger partial charge in [-0.25, -0.2) is 14.8 Å². The minimum Gasteiger partial charge on any atom is -0.493 e. The number of hydrogen-bond donors (Lipinski definition) is 1. The van der Waals surface area contributed by atoms with Gasteiger partial charge in [0.15, 0.2) is 11.5 Å². The van der Waals surface area contributed by atoms with Gasteiger partial charge in [0.1, 0.15) is 0 Å². The third-order valence-corrected chi connectivity index (χ3v) is 2.39. The first-order valence-corrected chi connectivity index (χ1v) is 5.48. The van der Waals surface area contributed by atoms with Gasteiger partial charge in [-0.3, -0.25) is 0 Å². The molecule has 19 heavy (non-hydrogen) atoms. The van der Waals surface area contributed by atoms with Gasteiger partial charge < -0.3 is 14.6 Å². The van der Waals surface area contributed by atoms with E-state index in [0.717, 1.165) is 5.56 Å². The number of ether oxygens (including phenoxy) is 2. The van der Waals surface area contributed by atoms with Crippen molar-refractivity contribution < 1.29 is 19.4 Å². The molecule has 0 saturated carbocycles. The Kier molecular flexibility index (Phi) is 3.61. The van der Waals surface area contributed by atoms with Gasteiger partial charge >= 0.3 is 5.97 Å². The molecule has 0 unspecified atom stereocenters. The van der Waals surface area contributed by atoms with E-state index in [1.54, 1.807) is 12.1 Å². The molecule has 0 saturated heterocycles. The number of carbonyl (C=O) groups is 1. The van der Waals surface area contributed by atoms with Gasteiger partial charge in [-0.15, -0.1) is 0 Å². The molecule has 0 aliphatic carbocycles. The Balaban J connectivity index is 2.39. The number of hydrogen-bond acceptors (Lipinski definition) is 5. The molecule has 1 aromatic heterocycles. The summed E-state index contributed by atoms with van der Waals surface area (Å²) in [5.74, 6) is -0.385. The van der Waals surface area contributed by atoms with Crippen LogP contribution < -0.4 is 9.47 Å². The van der Waals surface area contributed by atoms with E-state index in [-0.39, 0.29) is 11.6 Å². The van der Waals surface area contributed by atoms with Crippen LogP contribution in [0.5, 0.6) is 17.4 Å². The summed E-state index contributed by atoms with van der Waals surface area (Å²) in [4.78, 5) is 18.6. The molecule has 0 aliphatic heterocycles. The number of carboxylic acid groups (broad SMARTS) is 1. The highest BCUT2D eigenvalue weighted by atomic mass is 16.5. The van der Waals surface area contributed by atoms with Gasteiger partial charge in [0.05, 0.1) is 7.11 Å². The van der Waals surface area contributed by atoms with Crippen molar-refractivity contribution in [3.63, 3.8) is 0 Å². The maximum atomic E-state index is 11.0. The van der Waals surface area contributed by atoms with Crippen molar-refractivity contribution in [3.8, 4) is 17.4 Å². The van der Waals surface area contributed by atoms with Crippen molar-refractivity contribution >= 4 is 5.97 Å². The number of benzene rings is 1. The van der Waals surface area contributed by atoms with Gasteiger partial charge in [-0.2, -0.15) is 0 Å². The van der Waals surface area contributed by atoms with Gasteiger partial charge in [0.2, 0.25) is 5.69 Å². The predicted molar refractivity (Wildman–Crippen MR) is 66.8 cm³/mol. The molecule has 0 spiro atoms. The van der Waals surface area contributed by atoms with Crippen LogP contribution in [0.25, 0.3) is 0 Å². The highest BCUT2D eigenvalue weighted by molar-refractivity contribution is 5.87. The zero-order valence-electron chi connectivity index (χ0n) is 10.5. The molecule has 1 aromatic carbocycles. The summed E-state index contributed by atoms with van der Waals surface area (Å²) in [6.07, 6.45) is 2.66. The fourth-order valence-electron chi connectivity index (χ4n) is 1.51. The van der Waals surface area contributed by atoms with E-state index >= 15 is 0 Å². The average molecular weight is 260 g/mol. The molecule has 1 N–H and O–H groups in total. The lowest BCUT2D eigenvalue weighted by molar-refractivity contribution is 0.0686. The SMILES string of the molecule is COc1cc(C)ccc1Oc1nccnc1C(=O)O. The molecule has 1 heterocycles. The van der Waals surface area contributed by atoms with Crippen molar-refractivity contribution in [2.24, 2.45) is 0 Å². The predicted octanol–water partition coefficient (Wildman–Crippen LogP) is 2.28. The zero-order valence-corrected chi connectivity index (χ0v) is 10.5. The summed E-state index contributed by atoms with van der Waals surface area (Å²) in [6, 6.07) is 5.30. The average Bonchev–Trinajstić information content (AvgIpc) is 2.41. The summed E-state index contributed by atoms with van der Waals surface area (Å²) in [7, 11) is 1.51. The molecule has 0 radical (unpaired) electrons. The Labute approximate surface area is 109 Å². The second kappa shape index (κ2) is 5.34. The minimum atomic E-state index is -1.20. The third-order valence-electron chi connectivity index (χ3n) is 2.39. The van der Waals surface area contributed by atoms with Crippen molar-refractivity contribution in [3.05, 3.63) is 41.9 Å². The van der Waals surface area contributed by atoms with E-state index < -0.39 is 5.97 Å². The van der Waals surface area contributed by atoms with Crippen molar-refractivity contribution in [2.75, 3.05) is 7.11 Å². The second-order valence-electron chi connectivity index (χ2n) is 3.77. The molecule has 6 heteroatoms. The van der Waals surface area contributed by atoms with E-state index in [2.05, 4.69) is 9.97 Å². The molecule has 0 amide bonds. The number of rotatable bonds is 4. The number of carboxylic acids is 1. The Hall–Kier alpha value is -2.63. The van der Waals surface area contributed by atoms with Crippen LogP contribution in [0.4, 0.5) is 0 Å². The molecule has 0 fully saturated rings. The molecule has 6 nitrogen and oxygen atoms in total. The van der Waals surface area contributed by atoms with E-state index in [4.69, 9.17) is 14.6 Å². The van der Waals surface area contributed by atoms with Crippen LogP contribution in [0.15, 0.2) is 30.6 Å². The van der Waals surface area contributed by atoms with Gasteiger partial charge in [0.25, 0.3) is 5.88 Å². The van der Waals surface area contributed by atoms with Crippen molar-refractivity contribution in [1.82, 2.24) is 9.97 Å². The molecule has 98 valence electrons. The monoisotopic (exact) mass is 260 g/mol.